The number of benzene rings is 1. The normalized spacial score (nSPS) is 10.8. The van der Waals surface area contributed by atoms with Gasteiger partial charge in [-0.05, 0) is 32.9 Å². The average molecular weight is 210 g/mol. The van der Waals surface area contributed by atoms with Crippen molar-refractivity contribution in [3.05, 3.63) is 29.6 Å². The first-order valence-corrected chi connectivity index (χ1v) is 5.35. The highest BCUT2D eigenvalue weighted by Gasteiger charge is 2.10. The summed E-state index contributed by atoms with van der Waals surface area (Å²) in [5.74, 6) is -0.214. The van der Waals surface area contributed by atoms with Crippen molar-refractivity contribution in [2.75, 3.05) is 11.4 Å². The van der Waals surface area contributed by atoms with Crippen LogP contribution in [0.2, 0.25) is 0 Å². The van der Waals surface area contributed by atoms with Gasteiger partial charge < -0.3 is 10.6 Å². The fourth-order valence-electron chi connectivity index (χ4n) is 1.73. The summed E-state index contributed by atoms with van der Waals surface area (Å²) in [4.78, 5) is 2.14. The van der Waals surface area contributed by atoms with Gasteiger partial charge in [-0.1, -0.05) is 6.07 Å². The monoisotopic (exact) mass is 210 g/mol. The zero-order valence-corrected chi connectivity index (χ0v) is 9.63. The van der Waals surface area contributed by atoms with Gasteiger partial charge in [0.15, 0.2) is 0 Å². The molecule has 0 unspecified atom stereocenters. The summed E-state index contributed by atoms with van der Waals surface area (Å²) in [7, 11) is 0. The van der Waals surface area contributed by atoms with Crippen LogP contribution in [0, 0.1) is 5.82 Å². The van der Waals surface area contributed by atoms with E-state index in [-0.39, 0.29) is 12.4 Å². The van der Waals surface area contributed by atoms with Crippen LogP contribution < -0.4 is 10.6 Å². The number of hydrogen-bond acceptors (Lipinski definition) is 2. The molecule has 0 saturated carbocycles. The largest absolute Gasteiger partial charge is 0.369 e. The maximum absolute atomic E-state index is 13.5. The molecule has 0 aliphatic rings. The van der Waals surface area contributed by atoms with Crippen molar-refractivity contribution in [3.63, 3.8) is 0 Å². The number of rotatable bonds is 4. The van der Waals surface area contributed by atoms with Gasteiger partial charge in [0.1, 0.15) is 5.82 Å². The highest BCUT2D eigenvalue weighted by molar-refractivity contribution is 5.48. The van der Waals surface area contributed by atoms with E-state index in [1.807, 2.05) is 6.07 Å². The molecule has 0 spiro atoms. The maximum atomic E-state index is 13.5. The molecular weight excluding hydrogens is 191 g/mol. The van der Waals surface area contributed by atoms with Gasteiger partial charge in [-0.15, -0.1) is 0 Å². The molecule has 15 heavy (non-hydrogen) atoms. The van der Waals surface area contributed by atoms with E-state index < -0.39 is 0 Å². The first-order valence-electron chi connectivity index (χ1n) is 5.35. The van der Waals surface area contributed by atoms with Crippen LogP contribution in [0.25, 0.3) is 0 Å². The van der Waals surface area contributed by atoms with E-state index in [2.05, 4.69) is 25.7 Å². The van der Waals surface area contributed by atoms with Crippen LogP contribution in [0.1, 0.15) is 26.3 Å². The Hall–Kier alpha value is -1.09. The van der Waals surface area contributed by atoms with Crippen molar-refractivity contribution in [1.82, 2.24) is 0 Å². The lowest BCUT2D eigenvalue weighted by molar-refractivity contribution is 0.607. The molecule has 0 heterocycles. The van der Waals surface area contributed by atoms with Crippen molar-refractivity contribution in [1.29, 1.82) is 0 Å². The molecule has 0 bridgehead atoms. The number of nitrogens with zero attached hydrogens (tertiary/aromatic N) is 1. The SMILES string of the molecule is CCN(c1ccc(CN)c(F)c1)C(C)C. The van der Waals surface area contributed by atoms with Crippen LogP contribution in [0.15, 0.2) is 18.2 Å². The third-order valence-electron chi connectivity index (χ3n) is 2.55. The van der Waals surface area contributed by atoms with Crippen molar-refractivity contribution in [3.8, 4) is 0 Å². The fraction of sp³-hybridized carbons (Fsp3) is 0.500. The highest BCUT2D eigenvalue weighted by Crippen LogP contribution is 2.20. The predicted octanol–water partition coefficient (Wildman–Crippen LogP) is 2.52. The van der Waals surface area contributed by atoms with E-state index in [1.165, 1.54) is 0 Å². The van der Waals surface area contributed by atoms with Crippen molar-refractivity contribution >= 4 is 5.69 Å². The Labute approximate surface area is 90.9 Å². The zero-order chi connectivity index (χ0) is 11.4. The van der Waals surface area contributed by atoms with E-state index >= 15 is 0 Å². The quantitative estimate of drug-likeness (QED) is 0.827. The second-order valence-electron chi connectivity index (χ2n) is 3.86. The van der Waals surface area contributed by atoms with Crippen molar-refractivity contribution < 1.29 is 4.39 Å². The van der Waals surface area contributed by atoms with E-state index in [0.717, 1.165) is 12.2 Å². The van der Waals surface area contributed by atoms with Gasteiger partial charge in [0.05, 0.1) is 0 Å². The minimum absolute atomic E-state index is 0.214. The Bertz CT molecular complexity index is 323. The third kappa shape index (κ3) is 2.69. The molecule has 0 fully saturated rings. The van der Waals surface area contributed by atoms with E-state index in [1.54, 1.807) is 12.1 Å². The molecule has 1 aromatic rings. The molecule has 0 aliphatic heterocycles. The Kier molecular flexibility index (Phi) is 4.09. The van der Waals surface area contributed by atoms with Crippen LogP contribution >= 0.6 is 0 Å². The minimum Gasteiger partial charge on any atom is -0.369 e. The molecule has 0 atom stereocenters. The summed E-state index contributed by atoms with van der Waals surface area (Å²) in [6, 6.07) is 5.62. The van der Waals surface area contributed by atoms with Crippen LogP contribution in [-0.2, 0) is 6.54 Å². The molecular formula is C12H19FN2. The van der Waals surface area contributed by atoms with Crippen LogP contribution in [0.5, 0.6) is 0 Å². The van der Waals surface area contributed by atoms with Gasteiger partial charge in [-0.2, -0.15) is 0 Å². The number of nitrogens with two attached hydrogens (primary N) is 1. The number of hydrogen-bond donors (Lipinski definition) is 1. The van der Waals surface area contributed by atoms with E-state index in [4.69, 9.17) is 5.73 Å². The van der Waals surface area contributed by atoms with E-state index in [9.17, 15) is 4.39 Å². The van der Waals surface area contributed by atoms with Crippen LogP contribution in [0.4, 0.5) is 10.1 Å². The van der Waals surface area contributed by atoms with Gasteiger partial charge >= 0.3 is 0 Å². The number of anilines is 1. The average Bonchev–Trinajstić information content (AvgIpc) is 2.18. The Morgan fingerprint density at radius 2 is 2.07 bits per heavy atom. The van der Waals surface area contributed by atoms with Gasteiger partial charge in [0, 0.05) is 30.4 Å². The molecule has 0 aromatic heterocycles. The van der Waals surface area contributed by atoms with Gasteiger partial charge in [-0.3, -0.25) is 0 Å². The Morgan fingerprint density at radius 3 is 2.47 bits per heavy atom. The van der Waals surface area contributed by atoms with Crippen molar-refractivity contribution in [2.24, 2.45) is 5.73 Å². The predicted molar refractivity (Wildman–Crippen MR) is 62.4 cm³/mol. The van der Waals surface area contributed by atoms with Crippen molar-refractivity contribution in [2.45, 2.75) is 33.4 Å². The minimum atomic E-state index is -0.214. The molecule has 0 aliphatic carbocycles. The fourth-order valence-corrected chi connectivity index (χ4v) is 1.73. The molecule has 0 amide bonds. The second kappa shape index (κ2) is 5.12. The molecule has 2 N–H and O–H groups in total. The summed E-state index contributed by atoms with van der Waals surface area (Å²) < 4.78 is 13.5. The molecule has 0 saturated heterocycles. The topological polar surface area (TPSA) is 29.3 Å². The Balaban J connectivity index is 3.00. The van der Waals surface area contributed by atoms with Gasteiger partial charge in [0.2, 0.25) is 0 Å². The number of halogens is 1. The zero-order valence-electron chi connectivity index (χ0n) is 9.63. The lowest BCUT2D eigenvalue weighted by Crippen LogP contribution is -2.30. The van der Waals surface area contributed by atoms with Gasteiger partial charge in [0.25, 0.3) is 0 Å². The molecule has 2 nitrogen and oxygen atoms in total. The molecule has 84 valence electrons. The first kappa shape index (κ1) is 12.0. The summed E-state index contributed by atoms with van der Waals surface area (Å²) in [6.45, 7) is 7.38. The maximum Gasteiger partial charge on any atom is 0.129 e. The summed E-state index contributed by atoms with van der Waals surface area (Å²) in [6.07, 6.45) is 0. The third-order valence-corrected chi connectivity index (χ3v) is 2.55. The summed E-state index contributed by atoms with van der Waals surface area (Å²) in [5, 5.41) is 0. The summed E-state index contributed by atoms with van der Waals surface area (Å²) >= 11 is 0. The molecule has 1 rings (SSSR count). The lowest BCUT2D eigenvalue weighted by Gasteiger charge is -2.27. The van der Waals surface area contributed by atoms with Gasteiger partial charge in [-0.25, -0.2) is 4.39 Å². The van der Waals surface area contributed by atoms with E-state index in [0.29, 0.717) is 11.6 Å². The first-order chi connectivity index (χ1) is 7.10. The second-order valence-corrected chi connectivity index (χ2v) is 3.86. The smallest absolute Gasteiger partial charge is 0.129 e. The lowest BCUT2D eigenvalue weighted by atomic mass is 10.1. The highest BCUT2D eigenvalue weighted by atomic mass is 19.1. The standard InChI is InChI=1S/C12H19FN2/c1-4-15(9(2)3)11-6-5-10(8-14)12(13)7-11/h5-7,9H,4,8,14H2,1-3H3. The van der Waals surface area contributed by atoms with Crippen LogP contribution in [0.3, 0.4) is 0 Å². The molecule has 0 radical (unpaired) electrons. The van der Waals surface area contributed by atoms with Crippen LogP contribution in [-0.4, -0.2) is 12.6 Å². The summed E-state index contributed by atoms with van der Waals surface area (Å²) in [5.41, 5.74) is 6.90. The molecule has 3 heteroatoms. The Morgan fingerprint density at radius 1 is 1.40 bits per heavy atom. The molecule has 1 aromatic carbocycles.